The van der Waals surface area contributed by atoms with Crippen LogP contribution in [0, 0.1) is 6.92 Å². The molecule has 9 heteroatoms. The standard InChI is InChI=1S/C13H19Br2N3O4/c1-6(18-7(2)16-9(14)10(18)15)8(11(19)20)17-12(21)22-13(3,4)5/h6,8H,1-5H3,(H,17,21)(H,19,20). The highest BCUT2D eigenvalue weighted by Crippen LogP contribution is 2.28. The molecule has 0 saturated carbocycles. The number of hydrogen-bond donors (Lipinski definition) is 2. The quantitative estimate of drug-likeness (QED) is 0.749. The van der Waals surface area contributed by atoms with Crippen LogP contribution in [-0.4, -0.2) is 38.4 Å². The normalized spacial score (nSPS) is 14.3. The molecule has 0 aliphatic carbocycles. The van der Waals surface area contributed by atoms with Crippen molar-refractivity contribution in [3.63, 3.8) is 0 Å². The van der Waals surface area contributed by atoms with Crippen molar-refractivity contribution in [3.05, 3.63) is 15.0 Å². The summed E-state index contributed by atoms with van der Waals surface area (Å²) in [6, 6.07) is -1.73. The van der Waals surface area contributed by atoms with Crippen LogP contribution in [0.1, 0.15) is 39.6 Å². The van der Waals surface area contributed by atoms with Crippen LogP contribution in [0.25, 0.3) is 0 Å². The van der Waals surface area contributed by atoms with Crippen molar-refractivity contribution in [1.29, 1.82) is 0 Å². The van der Waals surface area contributed by atoms with E-state index < -0.39 is 29.7 Å². The number of nitrogens with one attached hydrogen (secondary N) is 1. The van der Waals surface area contributed by atoms with Gasteiger partial charge < -0.3 is 19.7 Å². The molecule has 0 radical (unpaired) electrons. The van der Waals surface area contributed by atoms with E-state index in [0.29, 0.717) is 15.0 Å². The van der Waals surface area contributed by atoms with Gasteiger partial charge in [-0.05, 0) is 66.5 Å². The first-order valence-corrected chi connectivity index (χ1v) is 8.14. The number of hydrogen-bond acceptors (Lipinski definition) is 4. The molecule has 1 aromatic rings. The minimum Gasteiger partial charge on any atom is -0.480 e. The van der Waals surface area contributed by atoms with Gasteiger partial charge in [0.25, 0.3) is 0 Å². The molecule has 7 nitrogen and oxygen atoms in total. The summed E-state index contributed by atoms with van der Waals surface area (Å²) in [7, 11) is 0. The number of rotatable bonds is 4. The number of alkyl carbamates (subject to hydrolysis) is 1. The molecule has 0 bridgehead atoms. The Morgan fingerprint density at radius 2 is 1.91 bits per heavy atom. The number of ether oxygens (including phenoxy) is 1. The number of nitrogens with zero attached hydrogens (tertiary/aromatic N) is 2. The maximum Gasteiger partial charge on any atom is 0.408 e. The summed E-state index contributed by atoms with van der Waals surface area (Å²) in [6.45, 7) is 8.55. The van der Waals surface area contributed by atoms with E-state index in [-0.39, 0.29) is 0 Å². The van der Waals surface area contributed by atoms with Crippen LogP contribution >= 0.6 is 31.9 Å². The highest BCUT2D eigenvalue weighted by atomic mass is 79.9. The van der Waals surface area contributed by atoms with Gasteiger partial charge in [0.2, 0.25) is 0 Å². The van der Waals surface area contributed by atoms with Gasteiger partial charge in [0.15, 0.2) is 6.04 Å². The molecule has 0 aromatic carbocycles. The lowest BCUT2D eigenvalue weighted by atomic mass is 10.1. The number of carboxylic acid groups (broad SMARTS) is 1. The number of carbonyl (C=O) groups is 2. The largest absolute Gasteiger partial charge is 0.480 e. The maximum absolute atomic E-state index is 11.8. The average molecular weight is 441 g/mol. The number of carbonyl (C=O) groups excluding carboxylic acids is 1. The third-order valence-corrected chi connectivity index (χ3v) is 4.66. The smallest absolute Gasteiger partial charge is 0.408 e. The Balaban J connectivity index is 3.01. The van der Waals surface area contributed by atoms with Gasteiger partial charge in [-0.25, -0.2) is 14.6 Å². The van der Waals surface area contributed by atoms with E-state index in [2.05, 4.69) is 42.2 Å². The maximum atomic E-state index is 11.8. The van der Waals surface area contributed by atoms with Gasteiger partial charge in [-0.2, -0.15) is 0 Å². The number of aryl methyl sites for hydroxylation is 1. The summed E-state index contributed by atoms with van der Waals surface area (Å²) in [6.07, 6.45) is -0.778. The Hall–Kier alpha value is -1.09. The van der Waals surface area contributed by atoms with Crippen LogP contribution in [0.2, 0.25) is 0 Å². The van der Waals surface area contributed by atoms with Crippen molar-refractivity contribution in [1.82, 2.24) is 14.9 Å². The first kappa shape index (κ1) is 19.0. The van der Waals surface area contributed by atoms with Crippen molar-refractivity contribution in [2.75, 3.05) is 0 Å². The van der Waals surface area contributed by atoms with Crippen molar-refractivity contribution in [2.24, 2.45) is 0 Å². The average Bonchev–Trinajstić information content (AvgIpc) is 2.57. The van der Waals surface area contributed by atoms with Crippen LogP contribution in [0.15, 0.2) is 9.21 Å². The summed E-state index contributed by atoms with van der Waals surface area (Å²) < 4.78 is 7.97. The third kappa shape index (κ3) is 4.70. The van der Waals surface area contributed by atoms with Gasteiger partial charge >= 0.3 is 12.1 Å². The third-order valence-electron chi connectivity index (χ3n) is 2.82. The van der Waals surface area contributed by atoms with E-state index in [0.717, 1.165) is 0 Å². The van der Waals surface area contributed by atoms with Crippen molar-refractivity contribution in [2.45, 2.75) is 52.3 Å². The molecule has 2 unspecified atom stereocenters. The highest BCUT2D eigenvalue weighted by Gasteiger charge is 2.32. The molecule has 1 heterocycles. The minimum atomic E-state index is -1.16. The zero-order valence-corrected chi connectivity index (χ0v) is 16.1. The molecule has 0 aliphatic heterocycles. The van der Waals surface area contributed by atoms with Crippen LogP contribution in [0.4, 0.5) is 4.79 Å². The highest BCUT2D eigenvalue weighted by molar-refractivity contribution is 9.13. The first-order chi connectivity index (χ1) is 9.94. The molecular formula is C13H19Br2N3O4. The Morgan fingerprint density at radius 1 is 1.36 bits per heavy atom. The molecule has 0 saturated heterocycles. The van der Waals surface area contributed by atoms with Gasteiger partial charge in [-0.3, -0.25) is 0 Å². The Labute approximate surface area is 145 Å². The van der Waals surface area contributed by atoms with E-state index in [4.69, 9.17) is 4.74 Å². The molecular weight excluding hydrogens is 422 g/mol. The number of aromatic nitrogens is 2. The summed E-state index contributed by atoms with van der Waals surface area (Å²) in [5.74, 6) is -0.544. The molecule has 124 valence electrons. The molecule has 2 atom stereocenters. The second-order valence-corrected chi connectivity index (χ2v) is 7.32. The van der Waals surface area contributed by atoms with E-state index in [9.17, 15) is 14.7 Å². The molecule has 2 N–H and O–H groups in total. The predicted octanol–water partition coefficient (Wildman–Crippen LogP) is 3.26. The first-order valence-electron chi connectivity index (χ1n) is 6.56. The molecule has 0 fully saturated rings. The lowest BCUT2D eigenvalue weighted by Gasteiger charge is -2.26. The number of aliphatic carboxylic acids is 1. The fraction of sp³-hybridized carbons (Fsp3) is 0.615. The molecule has 1 amide bonds. The van der Waals surface area contributed by atoms with Crippen molar-refractivity contribution in [3.8, 4) is 0 Å². The molecule has 0 spiro atoms. The monoisotopic (exact) mass is 439 g/mol. The molecule has 1 aromatic heterocycles. The Bertz CT molecular complexity index is 581. The van der Waals surface area contributed by atoms with E-state index >= 15 is 0 Å². The van der Waals surface area contributed by atoms with Crippen molar-refractivity contribution < 1.29 is 19.4 Å². The molecule has 1 rings (SSSR count). The van der Waals surface area contributed by atoms with Crippen LogP contribution in [0.5, 0.6) is 0 Å². The number of amides is 1. The zero-order valence-electron chi connectivity index (χ0n) is 13.0. The van der Waals surface area contributed by atoms with Crippen LogP contribution in [-0.2, 0) is 9.53 Å². The van der Waals surface area contributed by atoms with Gasteiger partial charge in [0.05, 0.1) is 6.04 Å². The predicted molar refractivity (Wildman–Crippen MR) is 87.9 cm³/mol. The van der Waals surface area contributed by atoms with Gasteiger partial charge in [0, 0.05) is 0 Å². The summed E-state index contributed by atoms with van der Waals surface area (Å²) in [5.41, 5.74) is -0.703. The topological polar surface area (TPSA) is 93.5 Å². The number of halogens is 2. The van der Waals surface area contributed by atoms with E-state index in [1.807, 2.05) is 0 Å². The van der Waals surface area contributed by atoms with E-state index in [1.54, 1.807) is 39.2 Å². The fourth-order valence-corrected chi connectivity index (χ4v) is 3.05. The van der Waals surface area contributed by atoms with Gasteiger partial charge in [-0.1, -0.05) is 0 Å². The summed E-state index contributed by atoms with van der Waals surface area (Å²) >= 11 is 6.62. The Morgan fingerprint density at radius 3 is 2.27 bits per heavy atom. The summed E-state index contributed by atoms with van der Waals surface area (Å²) in [4.78, 5) is 27.6. The lowest BCUT2D eigenvalue weighted by molar-refractivity contribution is -0.140. The van der Waals surface area contributed by atoms with Gasteiger partial charge in [-0.15, -0.1) is 0 Å². The van der Waals surface area contributed by atoms with Gasteiger partial charge in [0.1, 0.15) is 20.6 Å². The minimum absolute atomic E-state index is 0.568. The Kier molecular flexibility index (Phi) is 6.03. The fourth-order valence-electron chi connectivity index (χ4n) is 1.93. The number of imidazole rings is 1. The van der Waals surface area contributed by atoms with Crippen molar-refractivity contribution >= 4 is 43.9 Å². The zero-order chi connectivity index (χ0) is 17.2. The number of carboxylic acids is 1. The van der Waals surface area contributed by atoms with E-state index in [1.165, 1.54) is 0 Å². The van der Waals surface area contributed by atoms with Crippen LogP contribution < -0.4 is 5.32 Å². The second kappa shape index (κ2) is 6.99. The SMILES string of the molecule is Cc1nc(Br)c(Br)n1C(C)C(NC(=O)OC(C)(C)C)C(=O)O. The molecule has 22 heavy (non-hydrogen) atoms. The van der Waals surface area contributed by atoms with Crippen LogP contribution in [0.3, 0.4) is 0 Å². The lowest BCUT2D eigenvalue weighted by Crippen LogP contribution is -2.47. The summed E-state index contributed by atoms with van der Waals surface area (Å²) in [5, 5.41) is 11.8. The second-order valence-electron chi connectivity index (χ2n) is 5.81. The molecule has 0 aliphatic rings.